The number of nitrogens with zero attached hydrogens (tertiary/aromatic N) is 4. The number of piperidine rings is 1. The summed E-state index contributed by atoms with van der Waals surface area (Å²) in [5, 5.41) is 7.22. The SMILES string of the molecule is CO[C@@H](C)Cc1cc(-c2nnc(C(F)(F)F)[nH]2)cnc1CN1CCC(c2cccc3c2O[C@@H](c2ccc(Cl)cc2F)O3)CC1. The van der Waals surface area contributed by atoms with Gasteiger partial charge in [0.1, 0.15) is 5.82 Å². The third-order valence-electron chi connectivity index (χ3n) is 8.08. The minimum atomic E-state index is -4.62. The molecule has 8 nitrogen and oxygen atoms in total. The third kappa shape index (κ3) is 6.38. The van der Waals surface area contributed by atoms with Gasteiger partial charge < -0.3 is 19.2 Å². The molecule has 2 aromatic carbocycles. The van der Waals surface area contributed by atoms with Gasteiger partial charge in [-0.15, -0.1) is 10.2 Å². The quantitative estimate of drug-likeness (QED) is 0.208. The molecule has 0 amide bonds. The summed E-state index contributed by atoms with van der Waals surface area (Å²) in [6, 6.07) is 12.0. The molecule has 1 fully saturated rings. The Hall–Kier alpha value is -3.74. The maximum Gasteiger partial charge on any atom is 0.451 e. The topological polar surface area (TPSA) is 85.4 Å². The molecule has 4 heterocycles. The fraction of sp³-hybridized carbons (Fsp3) is 0.387. The van der Waals surface area contributed by atoms with Gasteiger partial charge in [-0.1, -0.05) is 23.7 Å². The minimum Gasteiger partial charge on any atom is -0.447 e. The molecule has 1 N–H and O–H groups in total. The van der Waals surface area contributed by atoms with Crippen LogP contribution >= 0.6 is 11.6 Å². The first kappa shape index (κ1) is 30.3. The van der Waals surface area contributed by atoms with Crippen LogP contribution in [0, 0.1) is 5.82 Å². The van der Waals surface area contributed by atoms with Crippen LogP contribution in [0.5, 0.6) is 11.5 Å². The Balaban J connectivity index is 1.14. The number of ether oxygens (including phenoxy) is 3. The van der Waals surface area contributed by atoms with E-state index in [9.17, 15) is 17.6 Å². The van der Waals surface area contributed by atoms with Crippen molar-refractivity contribution in [2.45, 2.75) is 57.2 Å². The van der Waals surface area contributed by atoms with E-state index in [4.69, 9.17) is 25.8 Å². The zero-order chi connectivity index (χ0) is 31.0. The molecule has 0 radical (unpaired) electrons. The number of fused-ring (bicyclic) bond motifs is 1. The van der Waals surface area contributed by atoms with E-state index in [-0.39, 0.29) is 23.4 Å². The standard InChI is InChI=1S/C31H30ClF4N5O3/c1-17(42-2)12-19-13-20(28-38-30(40-39-28)31(34,35)36)15-37-25(19)16-41-10-8-18(9-11-41)22-4-3-5-26-27(22)44-29(43-26)23-7-6-21(32)14-24(23)33/h3-7,13-15,17-18,29H,8-12,16H2,1-2H3,(H,38,39,40)/t17-,29-/m0/s1. The van der Waals surface area contributed by atoms with Gasteiger partial charge in [0.25, 0.3) is 6.29 Å². The average molecular weight is 632 g/mol. The van der Waals surface area contributed by atoms with Crippen LogP contribution in [-0.4, -0.2) is 51.4 Å². The fourth-order valence-electron chi connectivity index (χ4n) is 5.65. The molecule has 0 unspecified atom stereocenters. The Labute approximate surface area is 256 Å². The first-order valence-electron chi connectivity index (χ1n) is 14.2. The van der Waals surface area contributed by atoms with E-state index in [0.717, 1.165) is 42.8 Å². The van der Waals surface area contributed by atoms with Crippen LogP contribution in [0.2, 0.25) is 5.02 Å². The lowest BCUT2D eigenvalue weighted by molar-refractivity contribution is -0.144. The van der Waals surface area contributed by atoms with Crippen LogP contribution in [-0.2, 0) is 23.9 Å². The van der Waals surface area contributed by atoms with Crippen molar-refractivity contribution in [3.8, 4) is 22.9 Å². The third-order valence-corrected chi connectivity index (χ3v) is 8.32. The molecule has 0 bridgehead atoms. The number of methoxy groups -OCH3 is 1. The molecule has 0 aliphatic carbocycles. The Morgan fingerprint density at radius 2 is 1.89 bits per heavy atom. The lowest BCUT2D eigenvalue weighted by Gasteiger charge is -2.32. The Kier molecular flexibility index (Phi) is 8.49. The smallest absolute Gasteiger partial charge is 0.447 e. The number of halogens is 5. The molecule has 232 valence electrons. The first-order chi connectivity index (χ1) is 21.1. The molecule has 2 aromatic heterocycles. The molecule has 44 heavy (non-hydrogen) atoms. The van der Waals surface area contributed by atoms with Crippen LogP contribution in [0.15, 0.2) is 48.7 Å². The van der Waals surface area contributed by atoms with Crippen molar-refractivity contribution in [2.75, 3.05) is 20.2 Å². The number of pyridine rings is 1. The van der Waals surface area contributed by atoms with Crippen molar-refractivity contribution >= 4 is 11.6 Å². The van der Waals surface area contributed by atoms with Crippen molar-refractivity contribution in [3.63, 3.8) is 0 Å². The summed E-state index contributed by atoms with van der Waals surface area (Å²) in [4.78, 5) is 9.20. The maximum atomic E-state index is 14.6. The number of likely N-dealkylation sites (tertiary alicyclic amines) is 1. The number of hydrogen-bond acceptors (Lipinski definition) is 7. The number of aromatic amines is 1. The van der Waals surface area contributed by atoms with Crippen LogP contribution in [0.3, 0.4) is 0 Å². The average Bonchev–Trinajstić information content (AvgIpc) is 3.67. The van der Waals surface area contributed by atoms with E-state index < -0.39 is 24.1 Å². The number of hydrogen-bond donors (Lipinski definition) is 1. The number of rotatable bonds is 8. The normalized spacial score (nSPS) is 18.1. The predicted molar refractivity (Wildman–Crippen MR) is 154 cm³/mol. The molecule has 0 saturated carbocycles. The first-order valence-corrected chi connectivity index (χ1v) is 14.6. The van der Waals surface area contributed by atoms with Crippen molar-refractivity contribution in [1.82, 2.24) is 25.1 Å². The van der Waals surface area contributed by atoms with Gasteiger partial charge in [0.15, 0.2) is 17.3 Å². The molecular weight excluding hydrogens is 602 g/mol. The van der Waals surface area contributed by atoms with E-state index in [2.05, 4.69) is 25.1 Å². The number of nitrogens with one attached hydrogen (secondary N) is 1. The highest BCUT2D eigenvalue weighted by molar-refractivity contribution is 6.30. The molecule has 13 heteroatoms. The summed E-state index contributed by atoms with van der Waals surface area (Å²) in [6.07, 6.45) is -1.85. The summed E-state index contributed by atoms with van der Waals surface area (Å²) < 4.78 is 71.3. The Morgan fingerprint density at radius 3 is 2.59 bits per heavy atom. The van der Waals surface area contributed by atoms with Gasteiger partial charge >= 0.3 is 6.18 Å². The number of benzene rings is 2. The van der Waals surface area contributed by atoms with E-state index in [1.807, 2.05) is 25.1 Å². The van der Waals surface area contributed by atoms with E-state index in [1.165, 1.54) is 12.3 Å². The second-order valence-electron chi connectivity index (χ2n) is 11.1. The van der Waals surface area contributed by atoms with Crippen molar-refractivity contribution < 1.29 is 31.8 Å². The monoisotopic (exact) mass is 631 g/mol. The summed E-state index contributed by atoms with van der Waals surface area (Å²) in [5.41, 5.74) is 3.44. The van der Waals surface area contributed by atoms with Gasteiger partial charge in [0, 0.05) is 42.4 Å². The lowest BCUT2D eigenvalue weighted by Crippen LogP contribution is -2.33. The van der Waals surface area contributed by atoms with Gasteiger partial charge in [-0.2, -0.15) is 13.2 Å². The van der Waals surface area contributed by atoms with Crippen molar-refractivity contribution in [1.29, 1.82) is 0 Å². The number of H-pyrrole nitrogens is 1. The van der Waals surface area contributed by atoms with Crippen molar-refractivity contribution in [3.05, 3.63) is 87.7 Å². The zero-order valence-electron chi connectivity index (χ0n) is 24.0. The number of aromatic nitrogens is 4. The van der Waals surface area contributed by atoms with E-state index in [1.54, 1.807) is 25.3 Å². The van der Waals surface area contributed by atoms with Crippen LogP contribution < -0.4 is 9.47 Å². The van der Waals surface area contributed by atoms with Crippen LogP contribution in [0.4, 0.5) is 17.6 Å². The number of alkyl halides is 3. The van der Waals surface area contributed by atoms with Crippen molar-refractivity contribution in [2.24, 2.45) is 0 Å². The second-order valence-corrected chi connectivity index (χ2v) is 11.5. The van der Waals surface area contributed by atoms with E-state index in [0.29, 0.717) is 35.1 Å². The zero-order valence-corrected chi connectivity index (χ0v) is 24.8. The molecule has 2 aliphatic rings. The van der Waals surface area contributed by atoms with Crippen LogP contribution in [0.25, 0.3) is 11.4 Å². The largest absolute Gasteiger partial charge is 0.451 e. The van der Waals surface area contributed by atoms with Gasteiger partial charge in [-0.25, -0.2) is 4.39 Å². The second kappa shape index (κ2) is 12.3. The Morgan fingerprint density at radius 1 is 1.09 bits per heavy atom. The Bertz CT molecular complexity index is 1640. The molecule has 0 spiro atoms. The van der Waals surface area contributed by atoms with Gasteiger partial charge in [0.05, 0.1) is 17.4 Å². The van der Waals surface area contributed by atoms with Crippen LogP contribution in [0.1, 0.15) is 60.2 Å². The lowest BCUT2D eigenvalue weighted by atomic mass is 9.88. The number of para-hydroxylation sites is 1. The summed E-state index contributed by atoms with van der Waals surface area (Å²) in [5.74, 6) is -0.195. The highest BCUT2D eigenvalue weighted by Crippen LogP contribution is 2.47. The molecule has 2 atom stereocenters. The molecule has 2 aliphatic heterocycles. The highest BCUT2D eigenvalue weighted by Gasteiger charge is 2.36. The molecule has 4 aromatic rings. The molecular formula is C31H30ClF4N5O3. The fourth-order valence-corrected chi connectivity index (χ4v) is 5.81. The summed E-state index contributed by atoms with van der Waals surface area (Å²) in [6.45, 7) is 4.09. The predicted octanol–water partition coefficient (Wildman–Crippen LogP) is 7.11. The maximum absolute atomic E-state index is 14.6. The van der Waals surface area contributed by atoms with E-state index >= 15 is 0 Å². The van der Waals surface area contributed by atoms with Gasteiger partial charge in [0.2, 0.25) is 5.82 Å². The molecule has 1 saturated heterocycles. The van der Waals surface area contributed by atoms with Gasteiger partial charge in [-0.3, -0.25) is 9.88 Å². The highest BCUT2D eigenvalue weighted by atomic mass is 35.5. The summed E-state index contributed by atoms with van der Waals surface area (Å²) >= 11 is 5.91. The summed E-state index contributed by atoms with van der Waals surface area (Å²) in [7, 11) is 1.61. The van der Waals surface area contributed by atoms with Gasteiger partial charge in [-0.05, 0) is 74.7 Å². The molecule has 6 rings (SSSR count). The minimum absolute atomic E-state index is 0.00569.